The van der Waals surface area contributed by atoms with E-state index in [1.165, 1.54) is 4.31 Å². The highest BCUT2D eigenvalue weighted by atomic mass is 32.2. The average molecular weight is 388 g/mol. The summed E-state index contributed by atoms with van der Waals surface area (Å²) in [5.41, 5.74) is 2.03. The number of ether oxygens (including phenoxy) is 1. The lowest BCUT2D eigenvalue weighted by Crippen LogP contribution is -2.49. The predicted molar refractivity (Wildman–Crippen MR) is 105 cm³/mol. The number of para-hydroxylation sites is 1. The molecule has 1 aliphatic rings. The first-order valence-corrected chi connectivity index (χ1v) is 10.5. The Bertz CT molecular complexity index is 919. The van der Waals surface area contributed by atoms with Crippen LogP contribution in [-0.2, 0) is 14.8 Å². The quantitative estimate of drug-likeness (QED) is 0.737. The first-order valence-electron chi connectivity index (χ1n) is 9.02. The molecule has 2 aromatic carbocycles. The predicted octanol–water partition coefficient (Wildman–Crippen LogP) is 2.68. The molecular formula is C20H24N2O4S. The van der Waals surface area contributed by atoms with E-state index in [-0.39, 0.29) is 5.97 Å². The van der Waals surface area contributed by atoms with E-state index in [9.17, 15) is 13.2 Å². The summed E-state index contributed by atoms with van der Waals surface area (Å²) in [5, 5.41) is 0. The van der Waals surface area contributed by atoms with Crippen molar-refractivity contribution in [2.75, 3.05) is 37.7 Å². The number of carbonyl (C=O) groups is 1. The number of hydrogen-bond acceptors (Lipinski definition) is 5. The third-order valence-corrected chi connectivity index (χ3v) is 6.75. The van der Waals surface area contributed by atoms with Crippen LogP contribution in [0.25, 0.3) is 0 Å². The Morgan fingerprint density at radius 2 is 1.63 bits per heavy atom. The van der Waals surface area contributed by atoms with Crippen LogP contribution in [0, 0.1) is 6.92 Å². The van der Waals surface area contributed by atoms with Gasteiger partial charge in [0.2, 0.25) is 10.0 Å². The van der Waals surface area contributed by atoms with Crippen LogP contribution in [0.3, 0.4) is 0 Å². The number of nitrogens with zero attached hydrogens (tertiary/aromatic N) is 2. The molecule has 0 atom stereocenters. The van der Waals surface area contributed by atoms with Gasteiger partial charge in [0, 0.05) is 26.2 Å². The van der Waals surface area contributed by atoms with Crippen LogP contribution in [0.1, 0.15) is 22.8 Å². The van der Waals surface area contributed by atoms with Crippen molar-refractivity contribution >= 4 is 21.7 Å². The van der Waals surface area contributed by atoms with Gasteiger partial charge in [-0.25, -0.2) is 13.2 Å². The van der Waals surface area contributed by atoms with Crippen molar-refractivity contribution in [3.8, 4) is 0 Å². The van der Waals surface area contributed by atoms with Crippen molar-refractivity contribution in [1.82, 2.24) is 4.31 Å². The van der Waals surface area contributed by atoms with Crippen LogP contribution >= 0.6 is 0 Å². The third-order valence-electron chi connectivity index (χ3n) is 4.69. The fourth-order valence-corrected chi connectivity index (χ4v) is 4.93. The second-order valence-corrected chi connectivity index (χ2v) is 8.30. The van der Waals surface area contributed by atoms with Crippen molar-refractivity contribution in [2.45, 2.75) is 18.7 Å². The Balaban J connectivity index is 1.77. The zero-order chi connectivity index (χ0) is 19.4. The lowest BCUT2D eigenvalue weighted by atomic mass is 10.1. The fourth-order valence-electron chi connectivity index (χ4n) is 3.29. The molecule has 144 valence electrons. The number of rotatable bonds is 5. The van der Waals surface area contributed by atoms with E-state index in [0.29, 0.717) is 43.2 Å². The Labute approximate surface area is 160 Å². The summed E-state index contributed by atoms with van der Waals surface area (Å²) in [6.07, 6.45) is 0. The minimum atomic E-state index is -3.52. The van der Waals surface area contributed by atoms with Crippen LogP contribution in [0.2, 0.25) is 0 Å². The summed E-state index contributed by atoms with van der Waals surface area (Å²) in [7, 11) is -3.52. The topological polar surface area (TPSA) is 66.9 Å². The Morgan fingerprint density at radius 3 is 2.30 bits per heavy atom. The van der Waals surface area contributed by atoms with Gasteiger partial charge in [0.1, 0.15) is 0 Å². The highest BCUT2D eigenvalue weighted by Crippen LogP contribution is 2.25. The molecule has 0 bridgehead atoms. The average Bonchev–Trinajstić information content (AvgIpc) is 2.68. The summed E-state index contributed by atoms with van der Waals surface area (Å²) in [5.74, 6) is -0.358. The van der Waals surface area contributed by atoms with Crippen molar-refractivity contribution in [3.63, 3.8) is 0 Å². The number of anilines is 1. The van der Waals surface area contributed by atoms with E-state index < -0.39 is 10.0 Å². The summed E-state index contributed by atoms with van der Waals surface area (Å²) < 4.78 is 32.5. The maximum absolute atomic E-state index is 12.9. The molecule has 0 aromatic heterocycles. The van der Waals surface area contributed by atoms with Crippen LogP contribution < -0.4 is 4.90 Å². The third kappa shape index (κ3) is 3.99. The van der Waals surface area contributed by atoms with Gasteiger partial charge in [0.15, 0.2) is 0 Å². The first kappa shape index (κ1) is 19.4. The molecule has 7 heteroatoms. The summed E-state index contributed by atoms with van der Waals surface area (Å²) in [6, 6.07) is 14.3. The van der Waals surface area contributed by atoms with Crippen LogP contribution in [-0.4, -0.2) is 51.5 Å². The Hall–Kier alpha value is -2.38. The minimum Gasteiger partial charge on any atom is -0.462 e. The van der Waals surface area contributed by atoms with Gasteiger partial charge in [-0.15, -0.1) is 0 Å². The molecule has 3 rings (SSSR count). The molecule has 0 spiro atoms. The molecule has 1 fully saturated rings. The molecule has 0 amide bonds. The summed E-state index contributed by atoms with van der Waals surface area (Å²) >= 11 is 0. The second-order valence-electron chi connectivity index (χ2n) is 6.39. The molecule has 0 aliphatic carbocycles. The van der Waals surface area contributed by atoms with Gasteiger partial charge in [-0.05, 0) is 37.6 Å². The van der Waals surface area contributed by atoms with E-state index >= 15 is 0 Å². The zero-order valence-electron chi connectivity index (χ0n) is 15.6. The van der Waals surface area contributed by atoms with E-state index in [0.717, 1.165) is 11.3 Å². The first-order chi connectivity index (χ1) is 12.9. The number of aryl methyl sites for hydroxylation is 1. The minimum absolute atomic E-state index is 0.315. The van der Waals surface area contributed by atoms with Gasteiger partial charge in [0.25, 0.3) is 0 Å². The zero-order valence-corrected chi connectivity index (χ0v) is 16.4. The molecule has 1 aliphatic heterocycles. The Morgan fingerprint density at radius 1 is 1.00 bits per heavy atom. The van der Waals surface area contributed by atoms with Gasteiger partial charge in [-0.3, -0.25) is 0 Å². The number of hydrogen-bond donors (Lipinski definition) is 0. The summed E-state index contributed by atoms with van der Waals surface area (Å²) in [4.78, 5) is 14.6. The molecule has 0 saturated carbocycles. The largest absolute Gasteiger partial charge is 0.462 e. The van der Waals surface area contributed by atoms with Crippen LogP contribution in [0.5, 0.6) is 0 Å². The van der Waals surface area contributed by atoms with Crippen molar-refractivity contribution < 1.29 is 17.9 Å². The number of esters is 1. The van der Waals surface area contributed by atoms with E-state index in [1.54, 1.807) is 44.2 Å². The van der Waals surface area contributed by atoms with E-state index in [4.69, 9.17) is 4.74 Å². The number of benzene rings is 2. The Kier molecular flexibility index (Phi) is 5.82. The number of carbonyl (C=O) groups excluding carboxylic acids is 1. The standard InChI is InChI=1S/C20H24N2O4S/c1-3-26-20(23)17-9-5-6-10-18(17)21-12-14-22(15-13-21)27(24,25)19-11-7-4-8-16(19)2/h4-11H,3,12-15H2,1-2H3. The van der Waals surface area contributed by atoms with Crippen molar-refractivity contribution in [1.29, 1.82) is 0 Å². The lowest BCUT2D eigenvalue weighted by molar-refractivity contribution is 0.0527. The molecule has 2 aromatic rings. The normalized spacial score (nSPS) is 15.6. The monoisotopic (exact) mass is 388 g/mol. The SMILES string of the molecule is CCOC(=O)c1ccccc1N1CCN(S(=O)(=O)c2ccccc2C)CC1. The number of sulfonamides is 1. The van der Waals surface area contributed by atoms with Crippen molar-refractivity contribution in [2.24, 2.45) is 0 Å². The van der Waals surface area contributed by atoms with Gasteiger partial charge >= 0.3 is 5.97 Å². The molecule has 0 N–H and O–H groups in total. The molecule has 27 heavy (non-hydrogen) atoms. The molecule has 0 unspecified atom stereocenters. The van der Waals surface area contributed by atoms with E-state index in [1.807, 2.05) is 23.1 Å². The molecule has 6 nitrogen and oxygen atoms in total. The highest BCUT2D eigenvalue weighted by Gasteiger charge is 2.30. The van der Waals surface area contributed by atoms with Gasteiger partial charge < -0.3 is 9.64 Å². The maximum atomic E-state index is 12.9. The van der Waals surface area contributed by atoms with Gasteiger partial charge in [-0.2, -0.15) is 4.31 Å². The second kappa shape index (κ2) is 8.10. The highest BCUT2D eigenvalue weighted by molar-refractivity contribution is 7.89. The fraction of sp³-hybridized carbons (Fsp3) is 0.350. The smallest absolute Gasteiger partial charge is 0.340 e. The van der Waals surface area contributed by atoms with E-state index in [2.05, 4.69) is 0 Å². The number of piperazine rings is 1. The van der Waals surface area contributed by atoms with Gasteiger partial charge in [-0.1, -0.05) is 30.3 Å². The maximum Gasteiger partial charge on any atom is 0.340 e. The molecule has 1 saturated heterocycles. The molecular weight excluding hydrogens is 364 g/mol. The molecule has 1 heterocycles. The lowest BCUT2D eigenvalue weighted by Gasteiger charge is -2.36. The molecule has 0 radical (unpaired) electrons. The van der Waals surface area contributed by atoms with Crippen LogP contribution in [0.4, 0.5) is 5.69 Å². The van der Waals surface area contributed by atoms with Gasteiger partial charge in [0.05, 0.1) is 22.8 Å². The van der Waals surface area contributed by atoms with Crippen molar-refractivity contribution in [3.05, 3.63) is 59.7 Å². The van der Waals surface area contributed by atoms with Crippen LogP contribution in [0.15, 0.2) is 53.4 Å². The summed E-state index contributed by atoms with van der Waals surface area (Å²) in [6.45, 7) is 5.66.